The summed E-state index contributed by atoms with van der Waals surface area (Å²) in [6.07, 6.45) is 8.46. The molecular formula is C30H50O4. The Kier molecular flexibility index (Phi) is 5.44. The highest BCUT2D eigenvalue weighted by molar-refractivity contribution is 5.36. The van der Waals surface area contributed by atoms with E-state index in [1.54, 1.807) is 0 Å². The fourth-order valence-electron chi connectivity index (χ4n) is 10.8. The normalized spacial score (nSPS) is 58.6. The van der Waals surface area contributed by atoms with E-state index >= 15 is 0 Å². The van der Waals surface area contributed by atoms with Gasteiger partial charge in [0.1, 0.15) is 0 Å². The van der Waals surface area contributed by atoms with Gasteiger partial charge in [-0.25, -0.2) is 0 Å². The second-order valence-electron chi connectivity index (χ2n) is 15.2. The molecule has 0 aromatic carbocycles. The summed E-state index contributed by atoms with van der Waals surface area (Å²) in [5, 5.41) is 44.6. The number of aliphatic hydroxyl groups excluding tert-OH is 4. The van der Waals surface area contributed by atoms with Crippen LogP contribution < -0.4 is 0 Å². The van der Waals surface area contributed by atoms with Crippen molar-refractivity contribution in [3.05, 3.63) is 11.6 Å². The summed E-state index contributed by atoms with van der Waals surface area (Å²) in [7, 11) is 0. The van der Waals surface area contributed by atoms with Crippen molar-refractivity contribution in [2.24, 2.45) is 50.2 Å². The molecule has 34 heavy (non-hydrogen) atoms. The molecular weight excluding hydrogens is 424 g/mol. The maximum atomic E-state index is 12.0. The Bertz CT molecular complexity index is 881. The molecule has 0 spiro atoms. The fraction of sp³-hybridized carbons (Fsp3) is 0.933. The Labute approximate surface area is 207 Å². The monoisotopic (exact) mass is 474 g/mol. The first kappa shape index (κ1) is 25.2. The lowest BCUT2D eigenvalue weighted by Gasteiger charge is -2.72. The Hall–Kier alpha value is -0.420. The van der Waals surface area contributed by atoms with Crippen LogP contribution in [0.25, 0.3) is 0 Å². The summed E-state index contributed by atoms with van der Waals surface area (Å²) in [4.78, 5) is 0. The minimum atomic E-state index is -0.470. The van der Waals surface area contributed by atoms with Gasteiger partial charge in [0.25, 0.3) is 0 Å². The van der Waals surface area contributed by atoms with Gasteiger partial charge in [0.05, 0.1) is 24.9 Å². The molecule has 5 aliphatic carbocycles. The zero-order chi connectivity index (χ0) is 25.1. The van der Waals surface area contributed by atoms with E-state index in [2.05, 4.69) is 54.5 Å². The van der Waals surface area contributed by atoms with Crippen molar-refractivity contribution in [3.63, 3.8) is 0 Å². The number of rotatable bonds is 1. The Balaban J connectivity index is 1.62. The lowest BCUT2D eigenvalue weighted by atomic mass is 9.33. The van der Waals surface area contributed by atoms with E-state index in [-0.39, 0.29) is 45.7 Å². The molecule has 194 valence electrons. The van der Waals surface area contributed by atoms with Crippen molar-refractivity contribution in [2.75, 3.05) is 6.61 Å². The molecule has 0 radical (unpaired) electrons. The van der Waals surface area contributed by atoms with Crippen LogP contribution in [0.4, 0.5) is 0 Å². The molecule has 4 saturated carbocycles. The van der Waals surface area contributed by atoms with Crippen molar-refractivity contribution in [1.29, 1.82) is 0 Å². The Morgan fingerprint density at radius 3 is 2.09 bits per heavy atom. The van der Waals surface area contributed by atoms with E-state index < -0.39 is 17.6 Å². The van der Waals surface area contributed by atoms with Crippen LogP contribution in [0.15, 0.2) is 11.6 Å². The third-order valence-electron chi connectivity index (χ3n) is 13.3. The average molecular weight is 475 g/mol. The van der Waals surface area contributed by atoms with Crippen molar-refractivity contribution in [2.45, 2.75) is 118 Å². The zero-order valence-electron chi connectivity index (χ0n) is 22.7. The topological polar surface area (TPSA) is 80.9 Å². The highest BCUT2D eigenvalue weighted by Crippen LogP contribution is 2.75. The Morgan fingerprint density at radius 2 is 1.44 bits per heavy atom. The van der Waals surface area contributed by atoms with Gasteiger partial charge in [0.15, 0.2) is 0 Å². The lowest BCUT2D eigenvalue weighted by Crippen LogP contribution is -2.69. The molecule has 4 fully saturated rings. The van der Waals surface area contributed by atoms with E-state index in [1.807, 2.05) is 0 Å². The van der Waals surface area contributed by atoms with E-state index in [1.165, 1.54) is 5.57 Å². The molecule has 0 amide bonds. The first-order chi connectivity index (χ1) is 15.6. The predicted molar refractivity (Wildman–Crippen MR) is 135 cm³/mol. The molecule has 0 heterocycles. The molecule has 4 N–H and O–H groups in total. The summed E-state index contributed by atoms with van der Waals surface area (Å²) in [5.74, 6) is 0.997. The van der Waals surface area contributed by atoms with Crippen molar-refractivity contribution >= 4 is 0 Å². The number of hydrogen-bond donors (Lipinski definition) is 4. The summed E-state index contributed by atoms with van der Waals surface area (Å²) in [6, 6.07) is 0. The second-order valence-corrected chi connectivity index (χ2v) is 15.2. The smallest absolute Gasteiger partial charge is 0.0642 e. The zero-order valence-corrected chi connectivity index (χ0v) is 22.7. The van der Waals surface area contributed by atoms with Gasteiger partial charge in [-0.15, -0.1) is 0 Å². The van der Waals surface area contributed by atoms with Crippen LogP contribution in [0.2, 0.25) is 0 Å². The van der Waals surface area contributed by atoms with Crippen LogP contribution in [0.1, 0.15) is 99.8 Å². The van der Waals surface area contributed by atoms with Crippen molar-refractivity contribution < 1.29 is 20.4 Å². The first-order valence-electron chi connectivity index (χ1n) is 14.0. The van der Waals surface area contributed by atoms with E-state index in [0.717, 1.165) is 44.9 Å². The maximum absolute atomic E-state index is 12.0. The highest BCUT2D eigenvalue weighted by Gasteiger charge is 2.71. The second kappa shape index (κ2) is 7.33. The summed E-state index contributed by atoms with van der Waals surface area (Å²) < 4.78 is 0. The molecule has 0 unspecified atom stereocenters. The van der Waals surface area contributed by atoms with Crippen LogP contribution in [0, 0.1) is 50.2 Å². The number of fused-ring (bicyclic) bond motifs is 7. The SMILES string of the molecule is CC1(C)C[C@@H](O)[C@]2(C)C[C@H](O)[C@]3(C)C(=CC[C@@H]4[C@@]5(C)CC[C@H](O)[C@](C)(CO)[C@@H]5CC[C@]43C)[C@@H]2C1. The van der Waals surface area contributed by atoms with Gasteiger partial charge < -0.3 is 20.4 Å². The van der Waals surface area contributed by atoms with Gasteiger partial charge in [0, 0.05) is 16.2 Å². The molecule has 4 nitrogen and oxygen atoms in total. The molecule has 0 bridgehead atoms. The summed E-state index contributed by atoms with van der Waals surface area (Å²) in [5.41, 5.74) is 0.455. The summed E-state index contributed by atoms with van der Waals surface area (Å²) >= 11 is 0. The molecule has 5 rings (SSSR count). The molecule has 0 saturated heterocycles. The number of hydrogen-bond acceptors (Lipinski definition) is 4. The first-order valence-corrected chi connectivity index (χ1v) is 14.0. The standard InChI is InChI=1S/C30H50O4/c1-25(2)14-19-18-8-9-21-26(3)12-11-22(32)28(5,17-31)20(26)10-13-29(21,6)30(18,7)24(34)16-27(19,4)23(33)15-25/h8,19-24,31-34H,9-17H2,1-7H3/t19-,20+,21+,22-,23+,24-,26-,27+,28+,29+,30-/m0/s1. The van der Waals surface area contributed by atoms with Crippen LogP contribution in [0.5, 0.6) is 0 Å². The van der Waals surface area contributed by atoms with E-state index in [0.29, 0.717) is 18.3 Å². The predicted octanol–water partition coefficient (Wildman–Crippen LogP) is 5.08. The van der Waals surface area contributed by atoms with E-state index in [4.69, 9.17) is 0 Å². The molecule has 4 heteroatoms. The van der Waals surface area contributed by atoms with Gasteiger partial charge in [-0.05, 0) is 85.4 Å². The van der Waals surface area contributed by atoms with Gasteiger partial charge in [0.2, 0.25) is 0 Å². The minimum Gasteiger partial charge on any atom is -0.396 e. The van der Waals surface area contributed by atoms with Crippen LogP contribution in [-0.2, 0) is 0 Å². The Morgan fingerprint density at radius 1 is 0.765 bits per heavy atom. The van der Waals surface area contributed by atoms with Crippen LogP contribution >= 0.6 is 0 Å². The molecule has 0 aliphatic heterocycles. The van der Waals surface area contributed by atoms with E-state index in [9.17, 15) is 20.4 Å². The van der Waals surface area contributed by atoms with Crippen molar-refractivity contribution in [1.82, 2.24) is 0 Å². The number of aliphatic hydroxyl groups is 4. The largest absolute Gasteiger partial charge is 0.396 e. The quantitative estimate of drug-likeness (QED) is 0.399. The van der Waals surface area contributed by atoms with Crippen molar-refractivity contribution in [3.8, 4) is 0 Å². The average Bonchev–Trinajstić information content (AvgIpc) is 2.74. The third-order valence-corrected chi connectivity index (χ3v) is 13.3. The molecule has 0 aromatic heterocycles. The third kappa shape index (κ3) is 2.86. The lowest BCUT2D eigenvalue weighted by molar-refractivity contribution is -0.237. The van der Waals surface area contributed by atoms with Gasteiger partial charge >= 0.3 is 0 Å². The van der Waals surface area contributed by atoms with Crippen LogP contribution in [-0.4, -0.2) is 45.3 Å². The molecule has 0 aromatic rings. The number of allylic oxidation sites excluding steroid dienone is 1. The van der Waals surface area contributed by atoms with Gasteiger partial charge in [-0.3, -0.25) is 0 Å². The van der Waals surface area contributed by atoms with Crippen LogP contribution in [0.3, 0.4) is 0 Å². The molecule has 5 aliphatic rings. The van der Waals surface area contributed by atoms with Gasteiger partial charge in [-0.2, -0.15) is 0 Å². The maximum Gasteiger partial charge on any atom is 0.0642 e. The highest BCUT2D eigenvalue weighted by atomic mass is 16.3. The minimum absolute atomic E-state index is 0.0283. The fourth-order valence-corrected chi connectivity index (χ4v) is 10.8. The van der Waals surface area contributed by atoms with Gasteiger partial charge in [-0.1, -0.05) is 60.1 Å². The summed E-state index contributed by atoms with van der Waals surface area (Å²) in [6.45, 7) is 16.2. The molecule has 11 atom stereocenters.